The predicted octanol–water partition coefficient (Wildman–Crippen LogP) is 3.06. The Hall–Kier alpha value is -2.24. The smallest absolute Gasteiger partial charge is 0.280 e. The molecule has 1 atom stereocenters. The zero-order valence-corrected chi connectivity index (χ0v) is 13.9. The van der Waals surface area contributed by atoms with Gasteiger partial charge in [0, 0.05) is 6.54 Å². The fourth-order valence-electron chi connectivity index (χ4n) is 3.57. The Morgan fingerprint density at radius 1 is 1.04 bits per heavy atom. The molecule has 0 bridgehead atoms. The number of carbonyl (C=O) groups excluding carboxylic acids is 1. The summed E-state index contributed by atoms with van der Waals surface area (Å²) in [5, 5.41) is 0. The molecule has 1 saturated heterocycles. The minimum atomic E-state index is -0.845. The summed E-state index contributed by atoms with van der Waals surface area (Å²) in [5.41, 5.74) is 3.17. The van der Waals surface area contributed by atoms with Crippen LogP contribution in [-0.2, 0) is 20.7 Å². The van der Waals surface area contributed by atoms with Gasteiger partial charge in [0.05, 0.1) is 19.3 Å². The zero-order chi connectivity index (χ0) is 17.2. The summed E-state index contributed by atoms with van der Waals surface area (Å²) >= 11 is 0. The highest BCUT2D eigenvalue weighted by Crippen LogP contribution is 2.36. The van der Waals surface area contributed by atoms with Crippen LogP contribution < -0.4 is 0 Å². The number of benzene rings is 2. The van der Waals surface area contributed by atoms with E-state index in [4.69, 9.17) is 9.47 Å². The molecule has 5 heteroatoms. The SMILES string of the molecule is O=C(C1OCCCO1)N1CCc2ccccc2[C@@H]1c1ccc(F)cc1. The van der Waals surface area contributed by atoms with Crippen molar-refractivity contribution in [2.45, 2.75) is 25.2 Å². The van der Waals surface area contributed by atoms with Crippen LogP contribution in [0.25, 0.3) is 0 Å². The zero-order valence-electron chi connectivity index (χ0n) is 13.9. The number of carbonyl (C=O) groups is 1. The minimum Gasteiger partial charge on any atom is -0.344 e. The van der Waals surface area contributed by atoms with Crippen molar-refractivity contribution in [1.82, 2.24) is 4.90 Å². The van der Waals surface area contributed by atoms with Gasteiger partial charge >= 0.3 is 0 Å². The molecule has 1 amide bonds. The van der Waals surface area contributed by atoms with E-state index < -0.39 is 6.29 Å². The predicted molar refractivity (Wildman–Crippen MR) is 90.4 cm³/mol. The summed E-state index contributed by atoms with van der Waals surface area (Å²) in [6.45, 7) is 1.64. The van der Waals surface area contributed by atoms with Crippen molar-refractivity contribution in [3.05, 3.63) is 71.0 Å². The Kier molecular flexibility index (Phi) is 4.51. The molecule has 25 heavy (non-hydrogen) atoms. The molecule has 0 saturated carbocycles. The van der Waals surface area contributed by atoms with Gasteiger partial charge in [-0.1, -0.05) is 36.4 Å². The molecule has 0 aromatic heterocycles. The van der Waals surface area contributed by atoms with E-state index in [9.17, 15) is 9.18 Å². The lowest BCUT2D eigenvalue weighted by atomic mass is 9.88. The molecule has 0 radical (unpaired) electrons. The monoisotopic (exact) mass is 341 g/mol. The Balaban J connectivity index is 1.72. The van der Waals surface area contributed by atoms with Crippen LogP contribution >= 0.6 is 0 Å². The van der Waals surface area contributed by atoms with E-state index in [2.05, 4.69) is 6.07 Å². The molecule has 2 aromatic carbocycles. The topological polar surface area (TPSA) is 38.8 Å². The first-order chi connectivity index (χ1) is 12.2. The van der Waals surface area contributed by atoms with E-state index >= 15 is 0 Å². The molecule has 1 fully saturated rings. The maximum atomic E-state index is 13.4. The third-order valence-corrected chi connectivity index (χ3v) is 4.78. The summed E-state index contributed by atoms with van der Waals surface area (Å²) in [4.78, 5) is 14.8. The highest BCUT2D eigenvalue weighted by molar-refractivity contribution is 5.81. The highest BCUT2D eigenvalue weighted by Gasteiger charge is 2.36. The van der Waals surface area contributed by atoms with Gasteiger partial charge in [0.15, 0.2) is 0 Å². The van der Waals surface area contributed by atoms with Crippen LogP contribution in [0.15, 0.2) is 48.5 Å². The van der Waals surface area contributed by atoms with Crippen molar-refractivity contribution in [3.8, 4) is 0 Å². The van der Waals surface area contributed by atoms with Crippen LogP contribution in [0.5, 0.6) is 0 Å². The molecule has 130 valence electrons. The van der Waals surface area contributed by atoms with E-state index in [0.717, 1.165) is 24.0 Å². The second-order valence-corrected chi connectivity index (χ2v) is 6.36. The average molecular weight is 341 g/mol. The van der Waals surface area contributed by atoms with Crippen molar-refractivity contribution >= 4 is 5.91 Å². The summed E-state index contributed by atoms with van der Waals surface area (Å²) in [6, 6.07) is 14.2. The van der Waals surface area contributed by atoms with Crippen LogP contribution in [0.3, 0.4) is 0 Å². The number of hydrogen-bond acceptors (Lipinski definition) is 3. The van der Waals surface area contributed by atoms with E-state index in [0.29, 0.717) is 19.8 Å². The van der Waals surface area contributed by atoms with Crippen molar-refractivity contribution < 1.29 is 18.7 Å². The number of halogens is 1. The maximum Gasteiger partial charge on any atom is 0.280 e. The van der Waals surface area contributed by atoms with Crippen LogP contribution in [0.2, 0.25) is 0 Å². The number of amides is 1. The van der Waals surface area contributed by atoms with Gasteiger partial charge in [0.25, 0.3) is 5.91 Å². The Labute approximate surface area is 146 Å². The molecule has 2 aromatic rings. The third kappa shape index (κ3) is 3.17. The molecule has 0 unspecified atom stereocenters. The lowest BCUT2D eigenvalue weighted by Gasteiger charge is -2.39. The van der Waals surface area contributed by atoms with Crippen LogP contribution in [-0.4, -0.2) is 36.9 Å². The van der Waals surface area contributed by atoms with Gasteiger partial charge in [0.1, 0.15) is 5.82 Å². The standard InChI is InChI=1S/C20H20FNO3/c21-16-8-6-15(7-9-16)18-17-5-2-1-4-14(17)10-11-22(18)19(23)20-24-12-3-13-25-20/h1-2,4-9,18,20H,3,10-13H2/t18-/m0/s1. The van der Waals surface area contributed by atoms with E-state index in [-0.39, 0.29) is 17.8 Å². The second kappa shape index (κ2) is 6.94. The lowest BCUT2D eigenvalue weighted by Crippen LogP contribution is -2.48. The number of nitrogens with zero attached hydrogens (tertiary/aromatic N) is 1. The normalized spacial score (nSPS) is 21.0. The molecule has 2 aliphatic heterocycles. The molecule has 2 heterocycles. The first-order valence-electron chi connectivity index (χ1n) is 8.61. The molecule has 0 spiro atoms. The van der Waals surface area contributed by atoms with E-state index in [1.165, 1.54) is 17.7 Å². The van der Waals surface area contributed by atoms with Gasteiger partial charge in [-0.15, -0.1) is 0 Å². The third-order valence-electron chi connectivity index (χ3n) is 4.78. The maximum absolute atomic E-state index is 13.4. The largest absolute Gasteiger partial charge is 0.344 e. The number of rotatable bonds is 2. The van der Waals surface area contributed by atoms with Gasteiger partial charge in [-0.05, 0) is 41.7 Å². The molecular weight excluding hydrogens is 321 g/mol. The van der Waals surface area contributed by atoms with E-state index in [1.807, 2.05) is 18.2 Å². The van der Waals surface area contributed by atoms with Crippen LogP contribution in [0.4, 0.5) is 4.39 Å². The molecule has 0 N–H and O–H groups in total. The van der Waals surface area contributed by atoms with Gasteiger partial charge in [-0.3, -0.25) is 4.79 Å². The summed E-state index contributed by atoms with van der Waals surface area (Å²) < 4.78 is 24.4. The Morgan fingerprint density at radius 3 is 2.52 bits per heavy atom. The van der Waals surface area contributed by atoms with Crippen molar-refractivity contribution in [2.75, 3.05) is 19.8 Å². The molecule has 2 aliphatic rings. The molecule has 0 aliphatic carbocycles. The highest BCUT2D eigenvalue weighted by atomic mass is 19.1. The molecule has 4 nitrogen and oxygen atoms in total. The summed E-state index contributed by atoms with van der Waals surface area (Å²) in [6.07, 6.45) is 0.738. The first-order valence-corrected chi connectivity index (χ1v) is 8.61. The van der Waals surface area contributed by atoms with Crippen molar-refractivity contribution in [2.24, 2.45) is 0 Å². The average Bonchev–Trinajstić information content (AvgIpc) is 2.68. The van der Waals surface area contributed by atoms with Gasteiger partial charge in [-0.25, -0.2) is 4.39 Å². The van der Waals surface area contributed by atoms with Gasteiger partial charge < -0.3 is 14.4 Å². The quantitative estimate of drug-likeness (QED) is 0.843. The lowest BCUT2D eigenvalue weighted by molar-refractivity contribution is -0.200. The van der Waals surface area contributed by atoms with Gasteiger partial charge in [0.2, 0.25) is 6.29 Å². The number of ether oxygens (including phenoxy) is 2. The van der Waals surface area contributed by atoms with Crippen LogP contribution in [0.1, 0.15) is 29.2 Å². The summed E-state index contributed by atoms with van der Waals surface area (Å²) in [7, 11) is 0. The van der Waals surface area contributed by atoms with E-state index in [1.54, 1.807) is 17.0 Å². The molecule has 4 rings (SSSR count). The first kappa shape index (κ1) is 16.2. The fourth-order valence-corrected chi connectivity index (χ4v) is 3.57. The number of fused-ring (bicyclic) bond motifs is 1. The number of hydrogen-bond donors (Lipinski definition) is 0. The fraction of sp³-hybridized carbons (Fsp3) is 0.350. The Bertz CT molecular complexity index is 756. The van der Waals surface area contributed by atoms with Crippen molar-refractivity contribution in [3.63, 3.8) is 0 Å². The minimum absolute atomic E-state index is 0.163. The summed E-state index contributed by atoms with van der Waals surface area (Å²) in [5.74, 6) is -0.451. The van der Waals surface area contributed by atoms with Crippen molar-refractivity contribution in [1.29, 1.82) is 0 Å². The second-order valence-electron chi connectivity index (χ2n) is 6.36. The van der Waals surface area contributed by atoms with Gasteiger partial charge in [-0.2, -0.15) is 0 Å². The Morgan fingerprint density at radius 2 is 1.76 bits per heavy atom. The van der Waals surface area contributed by atoms with Crippen LogP contribution in [0, 0.1) is 5.82 Å². The molecular formula is C20H20FNO3.